The Morgan fingerprint density at radius 1 is 1.04 bits per heavy atom. The molecule has 0 amide bonds. The molecule has 0 radical (unpaired) electrons. The van der Waals surface area contributed by atoms with Gasteiger partial charge in [0.1, 0.15) is 5.75 Å². The Bertz CT molecular complexity index is 744. The van der Waals surface area contributed by atoms with Crippen molar-refractivity contribution >= 4 is 18.4 Å². The number of nitrogens with one attached hydrogen (secondary N) is 1. The number of rotatable bonds is 11. The summed E-state index contributed by atoms with van der Waals surface area (Å²) >= 11 is 0. The number of ether oxygens (including phenoxy) is 2. The summed E-state index contributed by atoms with van der Waals surface area (Å²) in [6.45, 7) is 7.36. The first-order chi connectivity index (χ1) is 13.1. The fourth-order valence-electron chi connectivity index (χ4n) is 2.28. The van der Waals surface area contributed by atoms with E-state index in [1.807, 2.05) is 36.4 Å². The van der Waals surface area contributed by atoms with Crippen LogP contribution in [0, 0.1) is 5.21 Å². The number of oxime groups is 1. The van der Waals surface area contributed by atoms with Crippen molar-refractivity contribution in [1.82, 2.24) is 0 Å². The minimum atomic E-state index is -0.542. The highest BCUT2D eigenvalue weighted by Gasteiger charge is 2.05. The lowest BCUT2D eigenvalue weighted by atomic mass is 10.1. The molecule has 0 bridgehead atoms. The summed E-state index contributed by atoms with van der Waals surface area (Å²) < 4.78 is 10.6. The van der Waals surface area contributed by atoms with Crippen molar-refractivity contribution < 1.29 is 24.4 Å². The van der Waals surface area contributed by atoms with Gasteiger partial charge in [-0.25, -0.2) is 4.79 Å². The number of benzene rings is 2. The molecule has 2 aromatic rings. The largest absolute Gasteiger partial charge is 0.584 e. The van der Waals surface area contributed by atoms with Crippen LogP contribution in [0.25, 0.3) is 11.1 Å². The van der Waals surface area contributed by atoms with Gasteiger partial charge in [-0.1, -0.05) is 18.7 Å². The fraction of sp³-hybridized carbons (Fsp3) is 0.200. The van der Waals surface area contributed by atoms with Gasteiger partial charge in [-0.2, -0.15) is 4.94 Å². The summed E-state index contributed by atoms with van der Waals surface area (Å²) in [6, 6.07) is 14.7. The average molecular weight is 370 g/mol. The smallest absolute Gasteiger partial charge is 0.330 e. The van der Waals surface area contributed by atoms with Gasteiger partial charge < -0.3 is 14.7 Å². The maximum Gasteiger partial charge on any atom is 0.330 e. The number of esters is 1. The molecular weight excluding hydrogens is 348 g/mol. The molecule has 1 N–H and O–H groups in total. The number of carbonyl (C=O) groups is 1. The van der Waals surface area contributed by atoms with Gasteiger partial charge in [-0.05, 0) is 53.4 Å². The van der Waals surface area contributed by atoms with Crippen LogP contribution in [0.1, 0.15) is 12.8 Å². The molecule has 1 atom stereocenters. The molecule has 7 nitrogen and oxygen atoms in total. The third-order valence-corrected chi connectivity index (χ3v) is 3.67. The monoisotopic (exact) mass is 370 g/mol. The van der Waals surface area contributed by atoms with E-state index in [0.29, 0.717) is 18.9 Å². The Kier molecular flexibility index (Phi) is 8.02. The highest BCUT2D eigenvalue weighted by atomic mass is 17.0. The Morgan fingerprint density at radius 3 is 2.22 bits per heavy atom. The highest BCUT2D eigenvalue weighted by Crippen LogP contribution is 2.23. The molecule has 7 heteroatoms. The summed E-state index contributed by atoms with van der Waals surface area (Å²) in [7, 11) is 0. The first-order valence-electron chi connectivity index (χ1n) is 8.44. The molecule has 2 rings (SSSR count). The summed E-state index contributed by atoms with van der Waals surface area (Å²) in [4.78, 5) is 15.4. The first kappa shape index (κ1) is 20.2. The van der Waals surface area contributed by atoms with Gasteiger partial charge in [0.15, 0.2) is 5.69 Å². The van der Waals surface area contributed by atoms with Gasteiger partial charge in [0, 0.05) is 24.9 Å². The van der Waals surface area contributed by atoms with Crippen LogP contribution >= 0.6 is 0 Å². The molecule has 2 aromatic carbocycles. The van der Waals surface area contributed by atoms with Crippen LogP contribution in [-0.2, 0) is 14.5 Å². The number of nitrogens with zero attached hydrogens (tertiary/aromatic N) is 1. The van der Waals surface area contributed by atoms with Crippen LogP contribution in [0.5, 0.6) is 5.75 Å². The van der Waals surface area contributed by atoms with E-state index in [1.54, 1.807) is 12.1 Å². The normalized spacial score (nSPS) is 11.3. The quantitative estimate of drug-likeness (QED) is 0.216. The molecule has 1 unspecified atom stereocenters. The maximum absolute atomic E-state index is 11.6. The molecule has 0 fully saturated rings. The third kappa shape index (κ3) is 6.58. The number of carbonyl (C=O) groups excluding carboxylic acids is 1. The van der Waals surface area contributed by atoms with Crippen molar-refractivity contribution in [1.29, 1.82) is 0 Å². The van der Waals surface area contributed by atoms with Crippen LogP contribution in [0.15, 0.2) is 66.3 Å². The van der Waals surface area contributed by atoms with Crippen LogP contribution in [0.2, 0.25) is 0 Å². The molecule has 142 valence electrons. The van der Waals surface area contributed by atoms with Crippen molar-refractivity contribution in [3.05, 3.63) is 66.4 Å². The Hall–Kier alpha value is -3.16. The lowest BCUT2D eigenvalue weighted by Crippen LogP contribution is -3.00. The minimum absolute atomic E-state index is 0.361. The molecule has 0 saturated heterocycles. The molecule has 0 aliphatic heterocycles. The Morgan fingerprint density at radius 2 is 1.63 bits per heavy atom. The molecule has 0 heterocycles. The number of quaternary nitrogens is 1. The molecule has 0 spiro atoms. The minimum Gasteiger partial charge on any atom is -0.584 e. The second kappa shape index (κ2) is 10.7. The van der Waals surface area contributed by atoms with Crippen molar-refractivity contribution in [3.63, 3.8) is 0 Å². The zero-order valence-electron chi connectivity index (χ0n) is 14.9. The first-order valence-corrected chi connectivity index (χ1v) is 8.44. The molecule has 0 aliphatic carbocycles. The molecular formula is C20H22N2O5. The van der Waals surface area contributed by atoms with Crippen molar-refractivity contribution in [2.24, 2.45) is 5.16 Å². The highest BCUT2D eigenvalue weighted by molar-refractivity contribution is 5.81. The summed E-state index contributed by atoms with van der Waals surface area (Å²) in [6.07, 6.45) is 2.66. The van der Waals surface area contributed by atoms with E-state index in [2.05, 4.69) is 23.4 Å². The second-order valence-corrected chi connectivity index (χ2v) is 5.54. The van der Waals surface area contributed by atoms with E-state index in [4.69, 9.17) is 9.47 Å². The molecule has 0 aliphatic rings. The van der Waals surface area contributed by atoms with Crippen LogP contribution in [0.3, 0.4) is 0 Å². The Labute approximate surface area is 158 Å². The van der Waals surface area contributed by atoms with Crippen molar-refractivity contribution in [2.75, 3.05) is 13.2 Å². The van der Waals surface area contributed by atoms with Crippen LogP contribution < -0.4 is 9.96 Å². The van der Waals surface area contributed by atoms with Crippen LogP contribution in [0.4, 0.5) is 5.69 Å². The molecule has 0 saturated carbocycles. The van der Waals surface area contributed by atoms with E-state index in [0.717, 1.165) is 35.8 Å². The second-order valence-electron chi connectivity index (χ2n) is 5.54. The lowest BCUT2D eigenvalue weighted by molar-refractivity contribution is -0.999. The van der Waals surface area contributed by atoms with Crippen LogP contribution in [-0.4, -0.2) is 25.9 Å². The van der Waals surface area contributed by atoms with E-state index >= 15 is 0 Å². The number of hydrogen-bond donors (Lipinski definition) is 1. The fourth-order valence-corrected chi connectivity index (χ4v) is 2.28. The predicted molar refractivity (Wildman–Crippen MR) is 102 cm³/mol. The topological polar surface area (TPSA) is 84.6 Å². The van der Waals surface area contributed by atoms with Gasteiger partial charge in [-0.15, -0.1) is 5.23 Å². The van der Waals surface area contributed by atoms with Gasteiger partial charge in [0.25, 0.3) is 0 Å². The zero-order valence-corrected chi connectivity index (χ0v) is 14.9. The summed E-state index contributed by atoms with van der Waals surface area (Å²) in [5.74, 6) is 0.355. The summed E-state index contributed by atoms with van der Waals surface area (Å²) in [5, 5.41) is 14.1. The van der Waals surface area contributed by atoms with E-state index in [-0.39, 0.29) is 0 Å². The van der Waals surface area contributed by atoms with Gasteiger partial charge in [0.05, 0.1) is 13.2 Å². The molecule has 27 heavy (non-hydrogen) atoms. The number of unbranched alkanes of at least 4 members (excludes halogenated alkanes) is 1. The molecule has 0 aromatic heterocycles. The average Bonchev–Trinajstić information content (AvgIpc) is 2.71. The van der Waals surface area contributed by atoms with Gasteiger partial charge in [0.2, 0.25) is 0 Å². The summed E-state index contributed by atoms with van der Waals surface area (Å²) in [5.41, 5.74) is 2.37. The van der Waals surface area contributed by atoms with Gasteiger partial charge in [-0.3, -0.25) is 0 Å². The standard InChI is InChI=1S/C20H22N2O5/c1-3-20(23)26-15-5-4-14-25-19-12-8-17(9-13-19)16-6-10-18(11-7-16)22(24)27-21-2/h3,6-13,22H,1-2,4-5,14-15H2. The third-order valence-electron chi connectivity index (χ3n) is 3.67. The Balaban J connectivity index is 1.80. The van der Waals surface area contributed by atoms with E-state index < -0.39 is 11.2 Å². The van der Waals surface area contributed by atoms with E-state index in [9.17, 15) is 10.0 Å². The lowest BCUT2D eigenvalue weighted by Gasteiger charge is -2.15. The van der Waals surface area contributed by atoms with Gasteiger partial charge >= 0.3 is 5.97 Å². The number of hydrogen-bond acceptors (Lipinski definition) is 6. The maximum atomic E-state index is 11.6. The zero-order chi connectivity index (χ0) is 19.5. The van der Waals surface area contributed by atoms with E-state index in [1.165, 1.54) is 0 Å². The SMILES string of the molecule is C=CC(=O)OCCCCOc1ccc(-c2ccc([NH+]([O-])ON=C)cc2)cc1. The predicted octanol–water partition coefficient (Wildman–Crippen LogP) is 2.80. The van der Waals surface area contributed by atoms with Crippen molar-refractivity contribution in [2.45, 2.75) is 12.8 Å². The van der Waals surface area contributed by atoms with Crippen molar-refractivity contribution in [3.8, 4) is 16.9 Å².